The van der Waals surface area contributed by atoms with E-state index in [0.717, 1.165) is 13.1 Å². The highest BCUT2D eigenvalue weighted by atomic mass is 19.1. The molecule has 4 heteroatoms. The van der Waals surface area contributed by atoms with Crippen LogP contribution in [0.2, 0.25) is 0 Å². The van der Waals surface area contributed by atoms with Crippen LogP contribution in [0.3, 0.4) is 0 Å². The summed E-state index contributed by atoms with van der Waals surface area (Å²) in [5, 5.41) is 0. The van der Waals surface area contributed by atoms with Crippen LogP contribution in [-0.2, 0) is 0 Å². The molecule has 0 amide bonds. The smallest absolute Gasteiger partial charge is 0.170 e. The second-order valence-electron chi connectivity index (χ2n) is 4.02. The van der Waals surface area contributed by atoms with Gasteiger partial charge in [0, 0.05) is 13.0 Å². The third kappa shape index (κ3) is 3.53. The molecule has 0 heterocycles. The molecular weight excluding hydrogens is 233 g/mol. The summed E-state index contributed by atoms with van der Waals surface area (Å²) in [6.45, 7) is 6.50. The molecule has 18 heavy (non-hydrogen) atoms. The summed E-state index contributed by atoms with van der Waals surface area (Å²) < 4.78 is 18.7. The number of nitrogens with zero attached hydrogens (tertiary/aromatic N) is 1. The number of Topliss-reactive ketones (excluding diaryl/α,β-unsaturated/α-hetero) is 1. The quantitative estimate of drug-likeness (QED) is 0.700. The Morgan fingerprint density at radius 3 is 2.56 bits per heavy atom. The Labute approximate surface area is 108 Å². The topological polar surface area (TPSA) is 29.5 Å². The molecular formula is C14H20FNO2. The van der Waals surface area contributed by atoms with Gasteiger partial charge in [0.15, 0.2) is 5.78 Å². The van der Waals surface area contributed by atoms with Crippen LogP contribution in [0.1, 0.15) is 30.6 Å². The SMILES string of the molecule is CCN(CC)CCC(=O)c1c(F)cccc1OC. The van der Waals surface area contributed by atoms with Crippen LogP contribution in [0.5, 0.6) is 5.75 Å². The predicted octanol–water partition coefficient (Wildman–Crippen LogP) is 2.75. The zero-order chi connectivity index (χ0) is 13.5. The minimum absolute atomic E-state index is 0.0622. The normalized spacial score (nSPS) is 10.7. The largest absolute Gasteiger partial charge is 0.496 e. The molecule has 1 aromatic carbocycles. The molecule has 1 rings (SSSR count). The van der Waals surface area contributed by atoms with Crippen molar-refractivity contribution in [3.05, 3.63) is 29.6 Å². The number of hydrogen-bond acceptors (Lipinski definition) is 3. The lowest BCUT2D eigenvalue weighted by Crippen LogP contribution is -2.26. The molecule has 0 radical (unpaired) electrons. The van der Waals surface area contributed by atoms with Crippen LogP contribution < -0.4 is 4.74 Å². The average molecular weight is 253 g/mol. The second kappa shape index (κ2) is 7.11. The molecule has 100 valence electrons. The summed E-state index contributed by atoms with van der Waals surface area (Å²) in [4.78, 5) is 14.2. The van der Waals surface area contributed by atoms with Crippen molar-refractivity contribution >= 4 is 5.78 Å². The Balaban J connectivity index is 2.78. The lowest BCUT2D eigenvalue weighted by molar-refractivity contribution is 0.0959. The van der Waals surface area contributed by atoms with Gasteiger partial charge in [-0.2, -0.15) is 0 Å². The minimum atomic E-state index is -0.515. The molecule has 0 aliphatic rings. The number of benzene rings is 1. The van der Waals surface area contributed by atoms with Gasteiger partial charge in [-0.25, -0.2) is 4.39 Å². The number of ether oxygens (including phenoxy) is 1. The van der Waals surface area contributed by atoms with E-state index in [-0.39, 0.29) is 11.3 Å². The van der Waals surface area contributed by atoms with Crippen LogP contribution in [0.15, 0.2) is 18.2 Å². The van der Waals surface area contributed by atoms with Gasteiger partial charge in [0.2, 0.25) is 0 Å². The summed E-state index contributed by atoms with van der Waals surface area (Å²) in [7, 11) is 1.44. The number of halogens is 1. The summed E-state index contributed by atoms with van der Waals surface area (Å²) in [6, 6.07) is 4.43. The molecule has 0 unspecified atom stereocenters. The molecule has 0 N–H and O–H groups in total. The summed E-state index contributed by atoms with van der Waals surface area (Å²) in [5.41, 5.74) is 0.0622. The highest BCUT2D eigenvalue weighted by Gasteiger charge is 2.17. The molecule has 1 aromatic rings. The van der Waals surface area contributed by atoms with Gasteiger partial charge in [0.25, 0.3) is 0 Å². The zero-order valence-electron chi connectivity index (χ0n) is 11.2. The van der Waals surface area contributed by atoms with Crippen molar-refractivity contribution in [1.29, 1.82) is 0 Å². The molecule has 0 fully saturated rings. The van der Waals surface area contributed by atoms with E-state index in [0.29, 0.717) is 18.7 Å². The third-order valence-electron chi connectivity index (χ3n) is 3.02. The van der Waals surface area contributed by atoms with Crippen molar-refractivity contribution in [2.24, 2.45) is 0 Å². The Bertz CT molecular complexity index is 403. The third-order valence-corrected chi connectivity index (χ3v) is 3.02. The van der Waals surface area contributed by atoms with Gasteiger partial charge in [-0.3, -0.25) is 4.79 Å². The van der Waals surface area contributed by atoms with Crippen molar-refractivity contribution in [3.63, 3.8) is 0 Å². The average Bonchev–Trinajstić information content (AvgIpc) is 2.39. The number of methoxy groups -OCH3 is 1. The molecule has 0 saturated carbocycles. The molecule has 0 spiro atoms. The van der Waals surface area contributed by atoms with Crippen molar-refractivity contribution in [3.8, 4) is 5.75 Å². The van der Waals surface area contributed by atoms with E-state index in [1.54, 1.807) is 6.07 Å². The molecule has 0 bridgehead atoms. The monoisotopic (exact) mass is 253 g/mol. The van der Waals surface area contributed by atoms with E-state index < -0.39 is 5.82 Å². The number of rotatable bonds is 7. The van der Waals surface area contributed by atoms with Crippen molar-refractivity contribution in [1.82, 2.24) is 4.90 Å². The van der Waals surface area contributed by atoms with E-state index in [1.807, 2.05) is 13.8 Å². The molecule has 0 aromatic heterocycles. The summed E-state index contributed by atoms with van der Waals surface area (Å²) >= 11 is 0. The van der Waals surface area contributed by atoms with Crippen molar-refractivity contribution < 1.29 is 13.9 Å². The van der Waals surface area contributed by atoms with E-state index in [9.17, 15) is 9.18 Å². The molecule has 0 atom stereocenters. The van der Waals surface area contributed by atoms with Crippen molar-refractivity contribution in [2.75, 3.05) is 26.7 Å². The maximum absolute atomic E-state index is 13.7. The van der Waals surface area contributed by atoms with Crippen LogP contribution in [0, 0.1) is 5.82 Å². The standard InChI is InChI=1S/C14H20FNO2/c1-4-16(5-2)10-9-12(17)14-11(15)7-6-8-13(14)18-3/h6-8H,4-5,9-10H2,1-3H3. The van der Waals surface area contributed by atoms with Crippen LogP contribution in [0.4, 0.5) is 4.39 Å². The Morgan fingerprint density at radius 1 is 1.33 bits per heavy atom. The fourth-order valence-electron chi connectivity index (χ4n) is 1.87. The van der Waals surface area contributed by atoms with E-state index >= 15 is 0 Å². The summed E-state index contributed by atoms with van der Waals surface area (Å²) in [6.07, 6.45) is 0.305. The first kappa shape index (κ1) is 14.6. The lowest BCUT2D eigenvalue weighted by Gasteiger charge is -2.17. The first-order chi connectivity index (χ1) is 8.63. The molecule has 0 aliphatic heterocycles. The van der Waals surface area contributed by atoms with Gasteiger partial charge < -0.3 is 9.64 Å². The first-order valence-electron chi connectivity index (χ1n) is 6.22. The maximum atomic E-state index is 13.7. The van der Waals surface area contributed by atoms with Gasteiger partial charge in [-0.1, -0.05) is 19.9 Å². The highest BCUT2D eigenvalue weighted by Crippen LogP contribution is 2.22. The van der Waals surface area contributed by atoms with Gasteiger partial charge in [-0.15, -0.1) is 0 Å². The predicted molar refractivity (Wildman–Crippen MR) is 69.7 cm³/mol. The van der Waals surface area contributed by atoms with E-state index in [2.05, 4.69) is 4.90 Å². The van der Waals surface area contributed by atoms with Crippen molar-refractivity contribution in [2.45, 2.75) is 20.3 Å². The number of hydrogen-bond donors (Lipinski definition) is 0. The molecule has 3 nitrogen and oxygen atoms in total. The Hall–Kier alpha value is -1.42. The van der Waals surface area contributed by atoms with Gasteiger partial charge >= 0.3 is 0 Å². The summed E-state index contributed by atoms with van der Waals surface area (Å²) in [5.74, 6) is -0.421. The lowest BCUT2D eigenvalue weighted by atomic mass is 10.1. The minimum Gasteiger partial charge on any atom is -0.496 e. The Morgan fingerprint density at radius 2 is 2.00 bits per heavy atom. The van der Waals surface area contributed by atoms with Crippen LogP contribution in [0.25, 0.3) is 0 Å². The van der Waals surface area contributed by atoms with E-state index in [4.69, 9.17) is 4.74 Å². The second-order valence-corrected chi connectivity index (χ2v) is 4.02. The molecule has 0 saturated heterocycles. The van der Waals surface area contributed by atoms with Crippen LogP contribution >= 0.6 is 0 Å². The highest BCUT2D eigenvalue weighted by molar-refractivity contribution is 5.99. The van der Waals surface area contributed by atoms with Gasteiger partial charge in [0.1, 0.15) is 11.6 Å². The fraction of sp³-hybridized carbons (Fsp3) is 0.500. The maximum Gasteiger partial charge on any atom is 0.170 e. The Kier molecular flexibility index (Phi) is 5.78. The zero-order valence-corrected chi connectivity index (χ0v) is 11.2. The number of carbonyl (C=O) groups is 1. The van der Waals surface area contributed by atoms with Crippen LogP contribution in [-0.4, -0.2) is 37.4 Å². The van der Waals surface area contributed by atoms with Gasteiger partial charge in [0.05, 0.1) is 12.7 Å². The van der Waals surface area contributed by atoms with E-state index in [1.165, 1.54) is 19.2 Å². The molecule has 0 aliphatic carbocycles. The number of ketones is 1. The first-order valence-corrected chi connectivity index (χ1v) is 6.22. The number of carbonyl (C=O) groups excluding carboxylic acids is 1. The van der Waals surface area contributed by atoms with Gasteiger partial charge in [-0.05, 0) is 25.2 Å². The fourth-order valence-corrected chi connectivity index (χ4v) is 1.87.